The van der Waals surface area contributed by atoms with Crippen molar-refractivity contribution in [2.24, 2.45) is 11.7 Å². The zero-order valence-corrected chi connectivity index (χ0v) is 20.4. The first-order chi connectivity index (χ1) is 15.9. The summed E-state index contributed by atoms with van der Waals surface area (Å²) in [6.07, 6.45) is 3.22. The molecule has 4 heteroatoms. The number of urea groups is 1. The fourth-order valence-corrected chi connectivity index (χ4v) is 3.92. The maximum atomic E-state index is 13.5. The normalized spacial score (nSPS) is 12.8. The largest absolute Gasteiger partial charge is 0.328 e. The van der Waals surface area contributed by atoms with Crippen LogP contribution in [0.3, 0.4) is 0 Å². The molecule has 0 saturated heterocycles. The zero-order valence-electron chi connectivity index (χ0n) is 20.4. The van der Waals surface area contributed by atoms with Crippen molar-refractivity contribution in [3.05, 3.63) is 84.4 Å². The van der Waals surface area contributed by atoms with Gasteiger partial charge in [0.2, 0.25) is 0 Å². The summed E-state index contributed by atoms with van der Waals surface area (Å²) in [7, 11) is 1.81. The van der Waals surface area contributed by atoms with Crippen molar-refractivity contribution >= 4 is 17.4 Å². The monoisotopic (exact) mass is 443 g/mol. The number of nitrogens with two attached hydrogens (primary N) is 1. The molecule has 3 rings (SSSR count). The van der Waals surface area contributed by atoms with Gasteiger partial charge in [-0.25, -0.2) is 4.79 Å². The number of hydrogen-bond acceptors (Lipinski definition) is 2. The predicted molar refractivity (Wildman–Crippen MR) is 141 cm³/mol. The van der Waals surface area contributed by atoms with Crippen molar-refractivity contribution in [3.8, 4) is 11.1 Å². The summed E-state index contributed by atoms with van der Waals surface area (Å²) in [5.41, 5.74) is 11.9. The highest BCUT2D eigenvalue weighted by Gasteiger charge is 2.25. The van der Waals surface area contributed by atoms with E-state index in [1.54, 1.807) is 9.80 Å². The van der Waals surface area contributed by atoms with Gasteiger partial charge in [-0.3, -0.25) is 9.80 Å². The summed E-state index contributed by atoms with van der Waals surface area (Å²) in [4.78, 5) is 17.0. The van der Waals surface area contributed by atoms with Crippen molar-refractivity contribution in [1.29, 1.82) is 0 Å². The Labute approximate surface area is 199 Å². The molecule has 2 unspecified atom stereocenters. The minimum absolute atomic E-state index is 0.0865. The molecule has 0 fully saturated rings. The highest BCUT2D eigenvalue weighted by Crippen LogP contribution is 2.26. The number of carbonyl (C=O) groups is 1. The van der Waals surface area contributed by atoms with Gasteiger partial charge in [0.1, 0.15) is 0 Å². The molecule has 4 nitrogen and oxygen atoms in total. The second-order valence-electron chi connectivity index (χ2n) is 8.83. The van der Waals surface area contributed by atoms with E-state index in [0.717, 1.165) is 36.2 Å². The summed E-state index contributed by atoms with van der Waals surface area (Å²) >= 11 is 0. The van der Waals surface area contributed by atoms with Gasteiger partial charge in [0.15, 0.2) is 0 Å². The van der Waals surface area contributed by atoms with Gasteiger partial charge in [0.05, 0.1) is 0 Å². The molecule has 0 saturated carbocycles. The van der Waals surface area contributed by atoms with Gasteiger partial charge in [-0.1, -0.05) is 88.2 Å². The molecule has 0 radical (unpaired) electrons. The molecule has 0 aliphatic rings. The molecule has 2 atom stereocenters. The predicted octanol–water partition coefficient (Wildman–Crippen LogP) is 6.74. The molecule has 33 heavy (non-hydrogen) atoms. The lowest BCUT2D eigenvalue weighted by Gasteiger charge is -2.32. The Morgan fingerprint density at radius 2 is 1.42 bits per heavy atom. The number of carbonyl (C=O) groups excluding carboxylic acids is 1. The molecule has 3 aromatic rings. The molecule has 2 N–H and O–H groups in total. The van der Waals surface area contributed by atoms with Gasteiger partial charge < -0.3 is 5.73 Å². The van der Waals surface area contributed by atoms with E-state index < -0.39 is 0 Å². The van der Waals surface area contributed by atoms with Crippen LogP contribution in [0.2, 0.25) is 0 Å². The summed E-state index contributed by atoms with van der Waals surface area (Å²) in [6, 6.07) is 26.5. The molecule has 0 heterocycles. The van der Waals surface area contributed by atoms with Crippen LogP contribution in [0.5, 0.6) is 0 Å². The van der Waals surface area contributed by atoms with Crippen molar-refractivity contribution < 1.29 is 4.79 Å². The molecular weight excluding hydrogens is 406 g/mol. The van der Waals surface area contributed by atoms with Crippen LogP contribution in [-0.4, -0.2) is 25.7 Å². The molecular formula is C29H37N3O. The lowest BCUT2D eigenvalue weighted by atomic mass is 9.99. The Balaban J connectivity index is 1.87. The topological polar surface area (TPSA) is 49.6 Å². The minimum Gasteiger partial charge on any atom is -0.326 e. The third-order valence-electron chi connectivity index (χ3n) is 6.43. The van der Waals surface area contributed by atoms with Crippen LogP contribution in [0.15, 0.2) is 78.9 Å². The maximum absolute atomic E-state index is 13.5. The highest BCUT2D eigenvalue weighted by atomic mass is 16.2. The Morgan fingerprint density at radius 1 is 0.848 bits per heavy atom. The number of para-hydroxylation sites is 1. The number of rotatable bonds is 9. The fraction of sp³-hybridized carbons (Fsp3) is 0.345. The average molecular weight is 444 g/mol. The summed E-state index contributed by atoms with van der Waals surface area (Å²) in [5, 5.41) is 0. The first kappa shape index (κ1) is 24.5. The van der Waals surface area contributed by atoms with E-state index in [4.69, 9.17) is 5.73 Å². The zero-order chi connectivity index (χ0) is 23.8. The second kappa shape index (κ2) is 11.7. The molecule has 0 aliphatic heterocycles. The number of hydrogen-bond donors (Lipinski definition) is 1. The average Bonchev–Trinajstić information content (AvgIpc) is 2.87. The van der Waals surface area contributed by atoms with Crippen LogP contribution < -0.4 is 15.5 Å². The second-order valence-corrected chi connectivity index (χ2v) is 8.83. The molecule has 0 aliphatic carbocycles. The SMILES string of the molecule is CCCc1ccc(-c2ccc(N(CC(N)C(C)CC)C(=O)N(C)c3ccccc3)cc2)cc1. The Hall–Kier alpha value is -3.11. The third-order valence-corrected chi connectivity index (χ3v) is 6.43. The third kappa shape index (κ3) is 6.23. The van der Waals surface area contributed by atoms with Gasteiger partial charge in [-0.15, -0.1) is 0 Å². The first-order valence-corrected chi connectivity index (χ1v) is 12.0. The Kier molecular flexibility index (Phi) is 8.67. The van der Waals surface area contributed by atoms with E-state index in [0.29, 0.717) is 12.5 Å². The molecule has 174 valence electrons. The van der Waals surface area contributed by atoms with Crippen LogP contribution in [-0.2, 0) is 6.42 Å². The molecule has 0 spiro atoms. The Morgan fingerprint density at radius 3 is 1.97 bits per heavy atom. The first-order valence-electron chi connectivity index (χ1n) is 12.0. The summed E-state index contributed by atoms with van der Waals surface area (Å²) in [5.74, 6) is 0.322. The van der Waals surface area contributed by atoms with E-state index in [1.807, 2.05) is 49.5 Å². The van der Waals surface area contributed by atoms with E-state index in [9.17, 15) is 4.79 Å². The van der Waals surface area contributed by atoms with Gasteiger partial charge in [0.25, 0.3) is 0 Å². The lowest BCUT2D eigenvalue weighted by Crippen LogP contribution is -2.48. The summed E-state index contributed by atoms with van der Waals surface area (Å²) < 4.78 is 0. The van der Waals surface area contributed by atoms with Crippen molar-refractivity contribution in [1.82, 2.24) is 0 Å². The van der Waals surface area contributed by atoms with Gasteiger partial charge in [0, 0.05) is 31.0 Å². The summed E-state index contributed by atoms with van der Waals surface area (Å²) in [6.45, 7) is 6.94. The quantitative estimate of drug-likeness (QED) is 0.398. The maximum Gasteiger partial charge on any atom is 0.328 e. The van der Waals surface area contributed by atoms with Gasteiger partial charge in [-0.05, 0) is 53.3 Å². The van der Waals surface area contributed by atoms with E-state index in [1.165, 1.54) is 11.1 Å². The van der Waals surface area contributed by atoms with E-state index in [-0.39, 0.29) is 12.1 Å². The molecule has 0 bridgehead atoms. The van der Waals surface area contributed by atoms with Crippen molar-refractivity contribution in [3.63, 3.8) is 0 Å². The fourth-order valence-electron chi connectivity index (χ4n) is 3.92. The van der Waals surface area contributed by atoms with Crippen LogP contribution in [0.1, 0.15) is 39.2 Å². The number of anilines is 2. The lowest BCUT2D eigenvalue weighted by molar-refractivity contribution is 0.251. The van der Waals surface area contributed by atoms with Crippen LogP contribution in [0.4, 0.5) is 16.2 Å². The minimum atomic E-state index is -0.103. The van der Waals surface area contributed by atoms with Crippen LogP contribution in [0, 0.1) is 5.92 Å². The number of benzene rings is 3. The van der Waals surface area contributed by atoms with E-state index in [2.05, 4.69) is 57.2 Å². The van der Waals surface area contributed by atoms with Crippen molar-refractivity contribution in [2.75, 3.05) is 23.4 Å². The number of amides is 2. The standard InChI is InChI=1S/C29H37N3O/c1-5-10-23-13-15-24(16-14-23)25-17-19-27(20-18-25)32(21-28(30)22(3)6-2)29(33)31(4)26-11-8-7-9-12-26/h7-9,11-20,22,28H,5-6,10,21,30H2,1-4H3. The van der Waals surface area contributed by atoms with E-state index >= 15 is 0 Å². The number of aryl methyl sites for hydroxylation is 1. The van der Waals surface area contributed by atoms with Gasteiger partial charge in [-0.2, -0.15) is 0 Å². The van der Waals surface area contributed by atoms with Gasteiger partial charge >= 0.3 is 6.03 Å². The molecule has 3 aromatic carbocycles. The molecule has 0 aromatic heterocycles. The smallest absolute Gasteiger partial charge is 0.326 e. The molecule has 2 amide bonds. The highest BCUT2D eigenvalue weighted by molar-refractivity contribution is 6.03. The van der Waals surface area contributed by atoms with Crippen LogP contribution in [0.25, 0.3) is 11.1 Å². The number of nitrogens with zero attached hydrogens (tertiary/aromatic N) is 2. The van der Waals surface area contributed by atoms with Crippen LogP contribution >= 0.6 is 0 Å². The van der Waals surface area contributed by atoms with Crippen molar-refractivity contribution in [2.45, 2.75) is 46.1 Å². The Bertz CT molecular complexity index is 999.